The van der Waals surface area contributed by atoms with Crippen LogP contribution in [0.5, 0.6) is 0 Å². The maximum Gasteiger partial charge on any atom is 0.270 e. The van der Waals surface area contributed by atoms with Crippen LogP contribution in [0.15, 0.2) is 95.9 Å². The molecule has 4 amide bonds. The Labute approximate surface area is 285 Å². The number of hydrogen-bond acceptors (Lipinski definition) is 7. The first-order chi connectivity index (χ1) is 22.8. The van der Waals surface area contributed by atoms with Crippen LogP contribution in [0.25, 0.3) is 10.9 Å². The van der Waals surface area contributed by atoms with Gasteiger partial charge in [0.15, 0.2) is 0 Å². The summed E-state index contributed by atoms with van der Waals surface area (Å²) in [7, 11) is 3.14. The SMILES string of the molecule is CN(C)C(=O)C[C@H](NC(=O)c1ccc2ccccc2n1)C(=O)N[C@@H](Cc1ccccc1)[C@H](O)CSc1ccccc1C(=O)NC(C)(C)C. The van der Waals surface area contributed by atoms with Crippen LogP contribution >= 0.6 is 11.8 Å². The van der Waals surface area contributed by atoms with Crippen molar-refractivity contribution in [2.24, 2.45) is 0 Å². The van der Waals surface area contributed by atoms with Gasteiger partial charge >= 0.3 is 0 Å². The first kappa shape index (κ1) is 36.1. The molecular weight excluding hydrogens is 627 g/mol. The number of pyridine rings is 1. The van der Waals surface area contributed by atoms with E-state index in [0.717, 1.165) is 10.9 Å². The molecule has 0 aliphatic heterocycles. The van der Waals surface area contributed by atoms with Crippen molar-refractivity contribution in [2.75, 3.05) is 19.8 Å². The number of para-hydroxylation sites is 1. The number of amides is 4. The number of aliphatic hydroxyl groups is 1. The van der Waals surface area contributed by atoms with E-state index in [0.29, 0.717) is 16.0 Å². The van der Waals surface area contributed by atoms with Crippen LogP contribution in [0, 0.1) is 0 Å². The summed E-state index contributed by atoms with van der Waals surface area (Å²) in [6, 6.07) is 25.2. The maximum atomic E-state index is 13.8. The maximum absolute atomic E-state index is 13.8. The molecule has 48 heavy (non-hydrogen) atoms. The van der Waals surface area contributed by atoms with Gasteiger partial charge in [-0.1, -0.05) is 66.7 Å². The summed E-state index contributed by atoms with van der Waals surface area (Å²) in [4.78, 5) is 59.4. The standard InChI is InChI=1S/C37H43N5O5S/c1-37(2,3)41-34(45)26-16-10-12-18-32(26)48-23-31(43)29(21-24-13-7-6-8-14-24)39-36(47)30(22-33(44)42(4)5)40-35(46)28-20-19-25-15-9-11-17-27(25)38-28/h6-20,29-31,43H,21-23H2,1-5H3,(H,39,47)(H,40,46)(H,41,45)/t29-,30-,31+/m0/s1. The van der Waals surface area contributed by atoms with E-state index in [2.05, 4.69) is 20.9 Å². The van der Waals surface area contributed by atoms with E-state index in [1.54, 1.807) is 44.4 Å². The normalized spacial score (nSPS) is 13.2. The summed E-state index contributed by atoms with van der Waals surface area (Å²) in [5.74, 6) is -1.64. The van der Waals surface area contributed by atoms with Crippen molar-refractivity contribution in [3.05, 3.63) is 108 Å². The Balaban J connectivity index is 1.54. The van der Waals surface area contributed by atoms with Gasteiger partial charge in [-0.15, -0.1) is 11.8 Å². The Morgan fingerprint density at radius 1 is 0.833 bits per heavy atom. The summed E-state index contributed by atoms with van der Waals surface area (Å²) in [6.07, 6.45) is -1.06. The average molecular weight is 670 g/mol. The minimum absolute atomic E-state index is 0.107. The summed E-state index contributed by atoms with van der Waals surface area (Å²) >= 11 is 1.31. The molecule has 3 atom stereocenters. The number of aliphatic hydroxyl groups excluding tert-OH is 1. The van der Waals surface area contributed by atoms with Crippen molar-refractivity contribution in [3.63, 3.8) is 0 Å². The number of nitrogens with one attached hydrogen (secondary N) is 3. The van der Waals surface area contributed by atoms with Gasteiger partial charge in [-0.05, 0) is 57.0 Å². The Bertz CT molecular complexity index is 1740. The molecule has 3 aromatic carbocycles. The minimum atomic E-state index is -1.24. The van der Waals surface area contributed by atoms with Crippen LogP contribution < -0.4 is 16.0 Å². The molecule has 0 aliphatic rings. The van der Waals surface area contributed by atoms with E-state index in [9.17, 15) is 24.3 Å². The zero-order chi connectivity index (χ0) is 34.8. The molecule has 0 radical (unpaired) electrons. The molecule has 4 rings (SSSR count). The molecule has 4 N–H and O–H groups in total. The van der Waals surface area contributed by atoms with Gasteiger partial charge in [0.1, 0.15) is 11.7 Å². The van der Waals surface area contributed by atoms with Crippen LogP contribution in [0.1, 0.15) is 53.6 Å². The topological polar surface area (TPSA) is 141 Å². The van der Waals surface area contributed by atoms with Crippen molar-refractivity contribution in [3.8, 4) is 0 Å². The lowest BCUT2D eigenvalue weighted by atomic mass is 10.0. The summed E-state index contributed by atoms with van der Waals surface area (Å²) < 4.78 is 0. The summed E-state index contributed by atoms with van der Waals surface area (Å²) in [6.45, 7) is 5.71. The smallest absolute Gasteiger partial charge is 0.270 e. The highest BCUT2D eigenvalue weighted by Gasteiger charge is 2.30. The number of carbonyl (C=O) groups excluding carboxylic acids is 4. The van der Waals surface area contributed by atoms with Crippen LogP contribution in [0.3, 0.4) is 0 Å². The van der Waals surface area contributed by atoms with E-state index >= 15 is 0 Å². The van der Waals surface area contributed by atoms with E-state index in [4.69, 9.17) is 0 Å². The predicted molar refractivity (Wildman–Crippen MR) is 189 cm³/mol. The van der Waals surface area contributed by atoms with Crippen molar-refractivity contribution in [1.29, 1.82) is 0 Å². The van der Waals surface area contributed by atoms with Crippen LogP contribution in [-0.2, 0) is 16.0 Å². The van der Waals surface area contributed by atoms with Gasteiger partial charge in [-0.3, -0.25) is 19.2 Å². The van der Waals surface area contributed by atoms with Crippen molar-refractivity contribution in [2.45, 2.75) is 62.2 Å². The molecule has 0 unspecified atom stereocenters. The Kier molecular flexibility index (Phi) is 12.3. The van der Waals surface area contributed by atoms with Gasteiger partial charge in [0.05, 0.1) is 29.6 Å². The summed E-state index contributed by atoms with van der Waals surface area (Å²) in [5, 5.41) is 20.9. The third-order valence-electron chi connectivity index (χ3n) is 7.45. The first-order valence-electron chi connectivity index (χ1n) is 15.7. The monoisotopic (exact) mass is 669 g/mol. The van der Waals surface area contributed by atoms with Gasteiger partial charge in [0, 0.05) is 35.7 Å². The number of benzene rings is 3. The summed E-state index contributed by atoms with van der Waals surface area (Å²) in [5.41, 5.74) is 1.67. The number of fused-ring (bicyclic) bond motifs is 1. The zero-order valence-corrected chi connectivity index (χ0v) is 28.7. The lowest BCUT2D eigenvalue weighted by Crippen LogP contribution is -2.54. The number of aromatic nitrogens is 1. The average Bonchev–Trinajstić information content (AvgIpc) is 3.06. The minimum Gasteiger partial charge on any atom is -0.390 e. The van der Waals surface area contributed by atoms with Gasteiger partial charge in [0.25, 0.3) is 11.8 Å². The van der Waals surface area contributed by atoms with Crippen molar-refractivity contribution >= 4 is 46.3 Å². The number of carbonyl (C=O) groups is 4. The quantitative estimate of drug-likeness (QED) is 0.156. The molecule has 0 spiro atoms. The van der Waals surface area contributed by atoms with Gasteiger partial charge < -0.3 is 26.0 Å². The molecule has 11 heteroatoms. The third-order valence-corrected chi connectivity index (χ3v) is 8.63. The fourth-order valence-electron chi connectivity index (χ4n) is 4.91. The number of nitrogens with zero attached hydrogens (tertiary/aromatic N) is 2. The highest BCUT2D eigenvalue weighted by Crippen LogP contribution is 2.25. The molecule has 1 heterocycles. The lowest BCUT2D eigenvalue weighted by molar-refractivity contribution is -0.133. The van der Waals surface area contributed by atoms with E-state index in [-0.39, 0.29) is 36.1 Å². The molecule has 0 aliphatic carbocycles. The second-order valence-corrected chi connectivity index (χ2v) is 13.9. The van der Waals surface area contributed by atoms with E-state index in [1.807, 2.05) is 81.4 Å². The van der Waals surface area contributed by atoms with Gasteiger partial charge in [-0.25, -0.2) is 4.98 Å². The largest absolute Gasteiger partial charge is 0.390 e. The van der Waals surface area contributed by atoms with Crippen molar-refractivity contribution < 1.29 is 24.3 Å². The molecular formula is C37H43N5O5S. The Morgan fingerprint density at radius 2 is 1.50 bits per heavy atom. The molecule has 10 nitrogen and oxygen atoms in total. The predicted octanol–water partition coefficient (Wildman–Crippen LogP) is 4.22. The molecule has 4 aromatic rings. The van der Waals surface area contributed by atoms with Crippen LogP contribution in [0.4, 0.5) is 0 Å². The van der Waals surface area contributed by atoms with Crippen LogP contribution in [0.2, 0.25) is 0 Å². The number of thioether (sulfide) groups is 1. The van der Waals surface area contributed by atoms with E-state index in [1.165, 1.54) is 16.7 Å². The fourth-order valence-corrected chi connectivity index (χ4v) is 5.98. The number of hydrogen-bond donors (Lipinski definition) is 4. The zero-order valence-electron chi connectivity index (χ0n) is 27.9. The van der Waals surface area contributed by atoms with Crippen molar-refractivity contribution in [1.82, 2.24) is 25.8 Å². The lowest BCUT2D eigenvalue weighted by Gasteiger charge is -2.27. The fraction of sp³-hybridized carbons (Fsp3) is 0.324. The molecule has 1 aromatic heterocycles. The second kappa shape index (κ2) is 16.4. The first-order valence-corrected chi connectivity index (χ1v) is 16.7. The number of rotatable bonds is 13. The molecule has 252 valence electrons. The third kappa shape index (κ3) is 10.4. The Hall–Kier alpha value is -4.74. The van der Waals surface area contributed by atoms with Gasteiger partial charge in [-0.2, -0.15) is 0 Å². The van der Waals surface area contributed by atoms with E-state index < -0.39 is 35.5 Å². The highest BCUT2D eigenvalue weighted by molar-refractivity contribution is 7.99. The highest BCUT2D eigenvalue weighted by atomic mass is 32.2. The second-order valence-electron chi connectivity index (χ2n) is 12.8. The van der Waals surface area contributed by atoms with Gasteiger partial charge in [0.2, 0.25) is 11.8 Å². The molecule has 0 saturated heterocycles. The van der Waals surface area contributed by atoms with Crippen LogP contribution in [-0.4, -0.2) is 82.2 Å². The molecule has 0 saturated carbocycles. The Morgan fingerprint density at radius 3 is 2.21 bits per heavy atom. The molecule has 0 bridgehead atoms. The molecule has 0 fully saturated rings.